The van der Waals surface area contributed by atoms with Gasteiger partial charge in [0, 0.05) is 5.02 Å². The summed E-state index contributed by atoms with van der Waals surface area (Å²) >= 11 is 5.82. The fourth-order valence-corrected chi connectivity index (χ4v) is 1.72. The molecule has 0 unspecified atom stereocenters. The lowest BCUT2D eigenvalue weighted by atomic mass is 10.2. The van der Waals surface area contributed by atoms with E-state index in [0.29, 0.717) is 10.9 Å². The Morgan fingerprint density at radius 2 is 2.27 bits per heavy atom. The minimum Gasteiger partial charge on any atom is -0.385 e. The van der Waals surface area contributed by atoms with Crippen molar-refractivity contribution >= 4 is 29.0 Å². The van der Waals surface area contributed by atoms with Crippen LogP contribution < -0.4 is 10.7 Å². The van der Waals surface area contributed by atoms with Gasteiger partial charge in [-0.2, -0.15) is 10.1 Å². The van der Waals surface area contributed by atoms with Crippen molar-refractivity contribution in [3.05, 3.63) is 28.8 Å². The van der Waals surface area contributed by atoms with Gasteiger partial charge in [-0.1, -0.05) is 11.6 Å². The summed E-state index contributed by atoms with van der Waals surface area (Å²) in [4.78, 5) is 11.5. The summed E-state index contributed by atoms with van der Waals surface area (Å²) < 4.78 is 0. The second kappa shape index (κ2) is 3.55. The fourth-order valence-electron chi connectivity index (χ4n) is 1.49. The second-order valence-electron chi connectivity index (χ2n) is 3.40. The molecule has 0 fully saturated rings. The van der Waals surface area contributed by atoms with Crippen molar-refractivity contribution in [2.24, 2.45) is 10.8 Å². The van der Waals surface area contributed by atoms with E-state index in [0.717, 1.165) is 11.3 Å². The maximum absolute atomic E-state index is 11.5. The maximum Gasteiger partial charge on any atom is 0.255 e. The van der Waals surface area contributed by atoms with Crippen molar-refractivity contribution in [3.8, 4) is 0 Å². The normalized spacial score (nSPS) is 15.7. The van der Waals surface area contributed by atoms with Crippen LogP contribution in [-0.2, 0) is 4.79 Å². The van der Waals surface area contributed by atoms with Crippen molar-refractivity contribution in [2.45, 2.75) is 13.3 Å². The number of hydrazone groups is 1. The molecule has 1 aliphatic rings. The molecule has 2 N–H and O–H groups in total. The second-order valence-corrected chi connectivity index (χ2v) is 3.84. The van der Waals surface area contributed by atoms with Gasteiger partial charge in [-0.3, -0.25) is 4.79 Å². The largest absolute Gasteiger partial charge is 0.385 e. The van der Waals surface area contributed by atoms with Gasteiger partial charge in [0.1, 0.15) is 5.84 Å². The van der Waals surface area contributed by atoms with E-state index in [4.69, 9.17) is 17.3 Å². The highest BCUT2D eigenvalue weighted by Crippen LogP contribution is 2.26. The summed E-state index contributed by atoms with van der Waals surface area (Å²) in [7, 11) is 0. The number of hydrogen-bond donors (Lipinski definition) is 1. The molecular formula is C10H10ClN3O. The molecule has 1 heterocycles. The summed E-state index contributed by atoms with van der Waals surface area (Å²) in [5, 5.41) is 5.92. The number of carbonyl (C=O) groups excluding carboxylic acids is 1. The molecule has 0 bridgehead atoms. The zero-order chi connectivity index (χ0) is 11.0. The highest BCUT2D eigenvalue weighted by atomic mass is 35.5. The van der Waals surface area contributed by atoms with E-state index in [1.54, 1.807) is 18.2 Å². The molecule has 0 radical (unpaired) electrons. The van der Waals surface area contributed by atoms with Gasteiger partial charge < -0.3 is 5.73 Å². The van der Waals surface area contributed by atoms with Crippen LogP contribution in [0.2, 0.25) is 5.02 Å². The first-order valence-corrected chi connectivity index (χ1v) is 4.88. The topological polar surface area (TPSA) is 58.7 Å². The van der Waals surface area contributed by atoms with Crippen LogP contribution in [0, 0.1) is 6.92 Å². The standard InChI is InChI=1S/C10H10ClN3O/c1-6-4-7(11)2-3-8(6)14-10(15)5-9(12)13-14/h2-4H,5H2,1H3,(H2,12,13). The predicted octanol–water partition coefficient (Wildman–Crippen LogP) is 1.66. The summed E-state index contributed by atoms with van der Waals surface area (Å²) in [6, 6.07) is 5.27. The number of nitrogens with two attached hydrogens (primary N) is 1. The zero-order valence-electron chi connectivity index (χ0n) is 8.20. The Morgan fingerprint density at radius 1 is 1.53 bits per heavy atom. The van der Waals surface area contributed by atoms with E-state index in [1.165, 1.54) is 5.01 Å². The van der Waals surface area contributed by atoms with Crippen molar-refractivity contribution < 1.29 is 4.79 Å². The van der Waals surface area contributed by atoms with Crippen LogP contribution in [0.5, 0.6) is 0 Å². The van der Waals surface area contributed by atoms with E-state index < -0.39 is 0 Å². The van der Waals surface area contributed by atoms with E-state index >= 15 is 0 Å². The monoisotopic (exact) mass is 223 g/mol. The van der Waals surface area contributed by atoms with Crippen LogP contribution in [0.25, 0.3) is 0 Å². The van der Waals surface area contributed by atoms with Gasteiger partial charge in [0.05, 0.1) is 12.1 Å². The van der Waals surface area contributed by atoms with Gasteiger partial charge in [0.2, 0.25) is 0 Å². The highest BCUT2D eigenvalue weighted by Gasteiger charge is 2.24. The van der Waals surface area contributed by atoms with E-state index in [-0.39, 0.29) is 12.3 Å². The molecular weight excluding hydrogens is 214 g/mol. The molecule has 15 heavy (non-hydrogen) atoms. The van der Waals surface area contributed by atoms with Gasteiger partial charge in [0.15, 0.2) is 0 Å². The van der Waals surface area contributed by atoms with Crippen LogP contribution in [0.1, 0.15) is 12.0 Å². The molecule has 0 aromatic heterocycles. The molecule has 1 amide bonds. The van der Waals surface area contributed by atoms with Crippen LogP contribution in [-0.4, -0.2) is 11.7 Å². The Morgan fingerprint density at radius 3 is 2.80 bits per heavy atom. The molecule has 0 atom stereocenters. The average molecular weight is 224 g/mol. The van der Waals surface area contributed by atoms with Gasteiger partial charge in [-0.05, 0) is 30.7 Å². The number of amides is 1. The minimum atomic E-state index is -0.113. The number of nitrogens with zero attached hydrogens (tertiary/aromatic N) is 2. The summed E-state index contributed by atoms with van der Waals surface area (Å²) in [6.45, 7) is 1.87. The third-order valence-electron chi connectivity index (χ3n) is 2.18. The lowest BCUT2D eigenvalue weighted by Crippen LogP contribution is -2.20. The van der Waals surface area contributed by atoms with Crippen molar-refractivity contribution in [1.29, 1.82) is 0 Å². The fraction of sp³-hybridized carbons (Fsp3) is 0.200. The Hall–Kier alpha value is -1.55. The predicted molar refractivity (Wildman–Crippen MR) is 59.9 cm³/mol. The van der Waals surface area contributed by atoms with Crippen molar-refractivity contribution in [2.75, 3.05) is 5.01 Å². The maximum atomic E-state index is 11.5. The lowest BCUT2D eigenvalue weighted by Gasteiger charge is -2.14. The highest BCUT2D eigenvalue weighted by molar-refractivity contribution is 6.30. The van der Waals surface area contributed by atoms with Crippen LogP contribution in [0.15, 0.2) is 23.3 Å². The van der Waals surface area contributed by atoms with Crippen LogP contribution >= 0.6 is 11.6 Å². The van der Waals surface area contributed by atoms with Crippen molar-refractivity contribution in [3.63, 3.8) is 0 Å². The number of halogens is 1. The molecule has 5 heteroatoms. The van der Waals surface area contributed by atoms with E-state index in [1.807, 2.05) is 6.92 Å². The van der Waals surface area contributed by atoms with Gasteiger partial charge >= 0.3 is 0 Å². The van der Waals surface area contributed by atoms with Crippen LogP contribution in [0.4, 0.5) is 5.69 Å². The van der Waals surface area contributed by atoms with Gasteiger partial charge in [-0.15, -0.1) is 0 Å². The molecule has 1 aliphatic heterocycles. The third-order valence-corrected chi connectivity index (χ3v) is 2.42. The minimum absolute atomic E-state index is 0.113. The molecule has 78 valence electrons. The summed E-state index contributed by atoms with van der Waals surface area (Å²) in [6.07, 6.45) is 0.183. The molecule has 0 saturated heterocycles. The van der Waals surface area contributed by atoms with Gasteiger partial charge in [-0.25, -0.2) is 0 Å². The third kappa shape index (κ3) is 1.80. The van der Waals surface area contributed by atoms with Crippen LogP contribution in [0.3, 0.4) is 0 Å². The Balaban J connectivity index is 2.42. The number of benzene rings is 1. The molecule has 2 rings (SSSR count). The first-order valence-electron chi connectivity index (χ1n) is 4.50. The number of amidine groups is 1. The Kier molecular flexibility index (Phi) is 2.36. The molecule has 0 spiro atoms. The number of aryl methyl sites for hydroxylation is 1. The molecule has 1 aromatic carbocycles. The quantitative estimate of drug-likeness (QED) is 0.787. The van der Waals surface area contributed by atoms with E-state index in [2.05, 4.69) is 5.10 Å². The first kappa shape index (κ1) is 9.98. The zero-order valence-corrected chi connectivity index (χ0v) is 8.95. The molecule has 0 saturated carbocycles. The number of hydrogen-bond acceptors (Lipinski definition) is 3. The van der Waals surface area contributed by atoms with Gasteiger partial charge in [0.25, 0.3) is 5.91 Å². The number of rotatable bonds is 1. The first-order chi connectivity index (χ1) is 7.08. The average Bonchev–Trinajstić information content (AvgIpc) is 2.45. The molecule has 4 nitrogen and oxygen atoms in total. The summed E-state index contributed by atoms with van der Waals surface area (Å²) in [5.74, 6) is 0.229. The number of anilines is 1. The molecule has 1 aromatic rings. The van der Waals surface area contributed by atoms with E-state index in [9.17, 15) is 4.79 Å². The number of carbonyl (C=O) groups is 1. The smallest absolute Gasteiger partial charge is 0.255 e. The summed E-state index contributed by atoms with van der Waals surface area (Å²) in [5.41, 5.74) is 7.12. The van der Waals surface area contributed by atoms with Crippen molar-refractivity contribution in [1.82, 2.24) is 0 Å². The Bertz CT molecular complexity index is 456. The Labute approximate surface area is 92.3 Å². The SMILES string of the molecule is Cc1cc(Cl)ccc1N1N=C(N)CC1=O. The lowest BCUT2D eigenvalue weighted by molar-refractivity contribution is -0.116. The molecule has 0 aliphatic carbocycles.